The maximum absolute atomic E-state index is 5.87. The van der Waals surface area contributed by atoms with Gasteiger partial charge in [-0.1, -0.05) is 17.7 Å². The zero-order valence-electron chi connectivity index (χ0n) is 6.18. The molecule has 0 aliphatic heterocycles. The third-order valence-electron chi connectivity index (χ3n) is 1.43. The van der Waals surface area contributed by atoms with Crippen LogP contribution in [0.4, 0.5) is 5.69 Å². The molecule has 0 fully saturated rings. The summed E-state index contributed by atoms with van der Waals surface area (Å²) in [5, 5.41) is 0.749. The Labute approximate surface area is 71.5 Å². The Bertz CT molecular complexity index is 268. The van der Waals surface area contributed by atoms with Crippen LogP contribution in [0.2, 0.25) is 5.02 Å². The van der Waals surface area contributed by atoms with Crippen LogP contribution in [0.5, 0.6) is 0 Å². The Morgan fingerprint density at radius 1 is 1.55 bits per heavy atom. The van der Waals surface area contributed by atoms with Crippen LogP contribution in [0.25, 0.3) is 0 Å². The number of halogens is 1. The van der Waals surface area contributed by atoms with Crippen LogP contribution in [0, 0.1) is 0 Å². The minimum absolute atomic E-state index is 0.742. The molecule has 0 saturated heterocycles. The maximum atomic E-state index is 5.87. The van der Waals surface area contributed by atoms with E-state index in [1.807, 2.05) is 6.07 Å². The molecule has 0 atom stereocenters. The Morgan fingerprint density at radius 3 is 2.91 bits per heavy atom. The van der Waals surface area contributed by atoms with Crippen LogP contribution in [0.15, 0.2) is 30.9 Å². The van der Waals surface area contributed by atoms with Gasteiger partial charge < -0.3 is 5.73 Å². The van der Waals surface area contributed by atoms with Crippen molar-refractivity contribution in [2.24, 2.45) is 0 Å². The van der Waals surface area contributed by atoms with Gasteiger partial charge in [0.25, 0.3) is 0 Å². The van der Waals surface area contributed by atoms with Crippen molar-refractivity contribution in [1.29, 1.82) is 0 Å². The van der Waals surface area contributed by atoms with Crippen LogP contribution in [-0.2, 0) is 6.42 Å². The van der Waals surface area contributed by atoms with E-state index < -0.39 is 0 Å². The van der Waals surface area contributed by atoms with Gasteiger partial charge in [0.1, 0.15) is 0 Å². The second-order valence-corrected chi connectivity index (χ2v) is 2.75. The number of nitrogen functional groups attached to an aromatic ring is 1. The van der Waals surface area contributed by atoms with Crippen molar-refractivity contribution in [3.63, 3.8) is 0 Å². The molecule has 2 N–H and O–H groups in total. The highest BCUT2D eigenvalue weighted by atomic mass is 35.5. The summed E-state index contributed by atoms with van der Waals surface area (Å²) < 4.78 is 0. The van der Waals surface area contributed by atoms with Gasteiger partial charge in [-0.25, -0.2) is 0 Å². The standard InChI is InChI=1S/C9H10ClN/c1-2-3-7-6-8(11)4-5-9(7)10/h2,4-6H,1,3,11H2. The number of allylic oxidation sites excluding steroid dienone is 1. The van der Waals surface area contributed by atoms with E-state index in [2.05, 4.69) is 6.58 Å². The van der Waals surface area contributed by atoms with Crippen molar-refractivity contribution < 1.29 is 0 Å². The first-order valence-corrected chi connectivity index (χ1v) is 3.76. The summed E-state index contributed by atoms with van der Waals surface area (Å²) in [5.74, 6) is 0. The van der Waals surface area contributed by atoms with Gasteiger partial charge in [0.2, 0.25) is 0 Å². The summed E-state index contributed by atoms with van der Waals surface area (Å²) in [7, 11) is 0. The summed E-state index contributed by atoms with van der Waals surface area (Å²) in [6.45, 7) is 3.63. The molecule has 0 amide bonds. The molecule has 0 aliphatic rings. The van der Waals surface area contributed by atoms with Crippen molar-refractivity contribution in [1.82, 2.24) is 0 Å². The molecule has 0 aromatic heterocycles. The first-order chi connectivity index (χ1) is 5.24. The van der Waals surface area contributed by atoms with Crippen LogP contribution in [-0.4, -0.2) is 0 Å². The highest BCUT2D eigenvalue weighted by Gasteiger charge is 1.97. The smallest absolute Gasteiger partial charge is 0.0442 e. The van der Waals surface area contributed by atoms with E-state index >= 15 is 0 Å². The second kappa shape index (κ2) is 3.44. The number of rotatable bonds is 2. The van der Waals surface area contributed by atoms with Gasteiger partial charge in [0.15, 0.2) is 0 Å². The van der Waals surface area contributed by atoms with Crippen LogP contribution in [0.3, 0.4) is 0 Å². The zero-order chi connectivity index (χ0) is 8.27. The molecule has 0 heterocycles. The molecule has 1 aromatic rings. The molecule has 1 rings (SSSR count). The molecular weight excluding hydrogens is 158 g/mol. The lowest BCUT2D eigenvalue weighted by Gasteiger charge is -2.00. The minimum atomic E-state index is 0.742. The average Bonchev–Trinajstić information content (AvgIpc) is 1.98. The van der Waals surface area contributed by atoms with Crippen molar-refractivity contribution in [2.45, 2.75) is 6.42 Å². The highest BCUT2D eigenvalue weighted by molar-refractivity contribution is 6.31. The normalized spacial score (nSPS) is 9.55. The minimum Gasteiger partial charge on any atom is -0.399 e. The molecule has 0 saturated carbocycles. The zero-order valence-corrected chi connectivity index (χ0v) is 6.93. The molecule has 1 aromatic carbocycles. The van der Waals surface area contributed by atoms with E-state index in [1.54, 1.807) is 18.2 Å². The van der Waals surface area contributed by atoms with Crippen molar-refractivity contribution >= 4 is 17.3 Å². The van der Waals surface area contributed by atoms with Gasteiger partial charge in [-0.15, -0.1) is 6.58 Å². The largest absolute Gasteiger partial charge is 0.399 e. The van der Waals surface area contributed by atoms with Gasteiger partial charge in [-0.2, -0.15) is 0 Å². The third kappa shape index (κ3) is 1.99. The molecule has 11 heavy (non-hydrogen) atoms. The van der Waals surface area contributed by atoms with Crippen LogP contribution >= 0.6 is 11.6 Å². The van der Waals surface area contributed by atoms with Crippen LogP contribution < -0.4 is 5.73 Å². The summed E-state index contributed by atoms with van der Waals surface area (Å²) in [6.07, 6.45) is 2.57. The summed E-state index contributed by atoms with van der Waals surface area (Å²) in [6, 6.07) is 5.45. The molecule has 0 radical (unpaired) electrons. The van der Waals surface area contributed by atoms with Crippen LogP contribution in [0.1, 0.15) is 5.56 Å². The lowest BCUT2D eigenvalue weighted by atomic mass is 10.1. The number of nitrogens with two attached hydrogens (primary N) is 1. The van der Waals surface area contributed by atoms with Crippen molar-refractivity contribution in [3.8, 4) is 0 Å². The predicted octanol–water partition coefficient (Wildman–Crippen LogP) is 2.65. The molecule has 0 aliphatic carbocycles. The quantitative estimate of drug-likeness (QED) is 0.532. The second-order valence-electron chi connectivity index (χ2n) is 2.34. The van der Waals surface area contributed by atoms with E-state index in [9.17, 15) is 0 Å². The average molecular weight is 168 g/mol. The molecule has 58 valence electrons. The van der Waals surface area contributed by atoms with E-state index in [0.717, 1.165) is 22.7 Å². The number of anilines is 1. The van der Waals surface area contributed by atoms with E-state index in [0.29, 0.717) is 0 Å². The molecule has 0 bridgehead atoms. The Morgan fingerprint density at radius 2 is 2.27 bits per heavy atom. The Balaban J connectivity index is 3.01. The van der Waals surface area contributed by atoms with E-state index in [4.69, 9.17) is 17.3 Å². The first-order valence-electron chi connectivity index (χ1n) is 3.39. The SMILES string of the molecule is C=CCc1cc(N)ccc1Cl. The number of hydrogen-bond acceptors (Lipinski definition) is 1. The maximum Gasteiger partial charge on any atom is 0.0442 e. The van der Waals surface area contributed by atoms with Gasteiger partial charge in [-0.05, 0) is 30.2 Å². The molecule has 1 nitrogen and oxygen atoms in total. The van der Waals surface area contributed by atoms with Gasteiger partial charge >= 0.3 is 0 Å². The fourth-order valence-electron chi connectivity index (χ4n) is 0.907. The summed E-state index contributed by atoms with van der Waals surface area (Å²) in [5.41, 5.74) is 7.34. The van der Waals surface area contributed by atoms with Gasteiger partial charge in [0, 0.05) is 10.7 Å². The number of benzene rings is 1. The highest BCUT2D eigenvalue weighted by Crippen LogP contribution is 2.19. The van der Waals surface area contributed by atoms with E-state index in [-0.39, 0.29) is 0 Å². The topological polar surface area (TPSA) is 26.0 Å². The predicted molar refractivity (Wildman–Crippen MR) is 49.8 cm³/mol. The van der Waals surface area contributed by atoms with Gasteiger partial charge in [0.05, 0.1) is 0 Å². The van der Waals surface area contributed by atoms with Crippen molar-refractivity contribution in [3.05, 3.63) is 41.4 Å². The fourth-order valence-corrected chi connectivity index (χ4v) is 1.10. The first kappa shape index (κ1) is 8.15. The van der Waals surface area contributed by atoms with E-state index in [1.165, 1.54) is 0 Å². The fraction of sp³-hybridized carbons (Fsp3) is 0.111. The number of hydrogen-bond donors (Lipinski definition) is 1. The molecule has 0 spiro atoms. The molecular formula is C9H10ClN. The molecule has 0 unspecified atom stereocenters. The monoisotopic (exact) mass is 167 g/mol. The van der Waals surface area contributed by atoms with Crippen molar-refractivity contribution in [2.75, 3.05) is 5.73 Å². The Hall–Kier alpha value is -0.950. The lowest BCUT2D eigenvalue weighted by molar-refractivity contribution is 1.28. The Kier molecular flexibility index (Phi) is 2.55. The summed E-state index contributed by atoms with van der Waals surface area (Å²) in [4.78, 5) is 0. The lowest BCUT2D eigenvalue weighted by Crippen LogP contribution is -1.88. The third-order valence-corrected chi connectivity index (χ3v) is 1.80. The molecule has 2 heteroatoms. The van der Waals surface area contributed by atoms with Gasteiger partial charge in [-0.3, -0.25) is 0 Å². The summed E-state index contributed by atoms with van der Waals surface area (Å²) >= 11 is 5.87.